The molecule has 39 heavy (non-hydrogen) atoms. The fourth-order valence-corrected chi connectivity index (χ4v) is 7.09. The van der Waals surface area contributed by atoms with Crippen LogP contribution in [0.2, 0.25) is 0 Å². The summed E-state index contributed by atoms with van der Waals surface area (Å²) in [6, 6.07) is 6.15. The average Bonchev–Trinajstić information content (AvgIpc) is 3.66. The maximum Gasteiger partial charge on any atom is 0.270 e. The van der Waals surface area contributed by atoms with Gasteiger partial charge in [-0.2, -0.15) is 5.10 Å². The average molecular weight is 553 g/mol. The van der Waals surface area contributed by atoms with Gasteiger partial charge in [-0.1, -0.05) is 50.8 Å². The van der Waals surface area contributed by atoms with Crippen LogP contribution in [0.25, 0.3) is 5.57 Å². The molecule has 0 spiro atoms. The summed E-state index contributed by atoms with van der Waals surface area (Å²) in [6.45, 7) is 4.96. The molecule has 2 amide bonds. The van der Waals surface area contributed by atoms with Crippen molar-refractivity contribution in [2.75, 3.05) is 0 Å². The van der Waals surface area contributed by atoms with E-state index in [1.54, 1.807) is 6.20 Å². The van der Waals surface area contributed by atoms with Crippen LogP contribution in [0, 0.1) is 0 Å². The highest BCUT2D eigenvalue weighted by atomic mass is 32.2. The Morgan fingerprint density at radius 2 is 1.87 bits per heavy atom. The number of amides is 2. The van der Waals surface area contributed by atoms with Gasteiger partial charge in [0.25, 0.3) is 11.8 Å². The summed E-state index contributed by atoms with van der Waals surface area (Å²) >= 11 is 0. The number of nitrogens with one attached hydrogen (secondary N) is 2. The van der Waals surface area contributed by atoms with E-state index in [1.165, 1.54) is 30.4 Å². The topological polar surface area (TPSA) is 110 Å². The molecule has 2 heterocycles. The lowest BCUT2D eigenvalue weighted by atomic mass is 9.78. The van der Waals surface area contributed by atoms with Crippen LogP contribution in [0.3, 0.4) is 0 Å². The zero-order chi connectivity index (χ0) is 27.6. The largest absolute Gasteiger partial charge is 0.342 e. The van der Waals surface area contributed by atoms with E-state index in [0.29, 0.717) is 24.8 Å². The van der Waals surface area contributed by atoms with E-state index in [2.05, 4.69) is 34.2 Å². The van der Waals surface area contributed by atoms with Gasteiger partial charge in [0.15, 0.2) is 0 Å². The number of unbranched alkanes of at least 4 members (excludes halogenated alkanes) is 4. The molecular formula is C30H40N4O4S. The molecule has 2 aliphatic carbocycles. The highest BCUT2D eigenvalue weighted by molar-refractivity contribution is 7.91. The van der Waals surface area contributed by atoms with Crippen molar-refractivity contribution in [1.82, 2.24) is 19.8 Å². The van der Waals surface area contributed by atoms with Crippen LogP contribution in [0.1, 0.15) is 100 Å². The standard InChI is InChI=1S/C30H40N4O4S/c1-3-4-5-6-9-16-34-20-24(19-31-34)30(2)18-26(23-13-12-21-10-7-8-11-22(21)17-23)27(28(35)32-30)29(36)33-39(37,38)25-14-15-25/h12-13,17,19-20,25H,3-11,14-16,18H2,1-2H3,(H,32,35)(H,33,36)/t30-/m0/s1. The zero-order valence-electron chi connectivity index (χ0n) is 23.1. The molecule has 3 aliphatic rings. The Bertz CT molecular complexity index is 1390. The van der Waals surface area contributed by atoms with Crippen LogP contribution in [0.4, 0.5) is 0 Å². The minimum Gasteiger partial charge on any atom is -0.342 e. The van der Waals surface area contributed by atoms with Crippen LogP contribution < -0.4 is 10.0 Å². The van der Waals surface area contributed by atoms with Crippen molar-refractivity contribution in [1.29, 1.82) is 0 Å². The van der Waals surface area contributed by atoms with E-state index >= 15 is 0 Å². The summed E-state index contributed by atoms with van der Waals surface area (Å²) in [6.07, 6.45) is 15.3. The molecular weight excluding hydrogens is 512 g/mol. The third-order valence-electron chi connectivity index (χ3n) is 8.33. The van der Waals surface area contributed by atoms with Gasteiger partial charge in [-0.15, -0.1) is 0 Å². The van der Waals surface area contributed by atoms with Crippen molar-refractivity contribution in [2.24, 2.45) is 0 Å². The molecule has 2 aromatic rings. The lowest BCUT2D eigenvalue weighted by Gasteiger charge is -2.36. The second kappa shape index (κ2) is 11.3. The number of carbonyl (C=O) groups excluding carboxylic acids is 2. The number of sulfonamides is 1. The Labute approximate surface area is 231 Å². The zero-order valence-corrected chi connectivity index (χ0v) is 23.9. The molecule has 1 aromatic carbocycles. The maximum atomic E-state index is 13.6. The van der Waals surface area contributed by atoms with Crippen LogP contribution >= 0.6 is 0 Å². The molecule has 1 aromatic heterocycles. The number of hydrogen-bond acceptors (Lipinski definition) is 5. The molecule has 0 saturated heterocycles. The van der Waals surface area contributed by atoms with Gasteiger partial charge in [-0.3, -0.25) is 14.3 Å². The molecule has 1 aliphatic heterocycles. The number of rotatable bonds is 11. The van der Waals surface area contributed by atoms with E-state index in [4.69, 9.17) is 0 Å². The number of carbonyl (C=O) groups is 2. The molecule has 1 saturated carbocycles. The molecule has 5 rings (SSSR count). The smallest absolute Gasteiger partial charge is 0.270 e. The highest BCUT2D eigenvalue weighted by Gasteiger charge is 2.43. The number of aromatic nitrogens is 2. The Morgan fingerprint density at radius 1 is 1.13 bits per heavy atom. The molecule has 8 nitrogen and oxygen atoms in total. The van der Waals surface area contributed by atoms with Crippen LogP contribution in [0.5, 0.6) is 0 Å². The molecule has 0 radical (unpaired) electrons. The number of aryl methyl sites for hydroxylation is 3. The van der Waals surface area contributed by atoms with E-state index in [0.717, 1.165) is 56.2 Å². The minimum absolute atomic E-state index is 0.115. The quantitative estimate of drug-likeness (QED) is 0.314. The van der Waals surface area contributed by atoms with Crippen molar-refractivity contribution in [2.45, 2.75) is 108 Å². The van der Waals surface area contributed by atoms with Gasteiger partial charge in [0, 0.05) is 24.7 Å². The van der Waals surface area contributed by atoms with Crippen molar-refractivity contribution >= 4 is 27.4 Å². The van der Waals surface area contributed by atoms with Gasteiger partial charge >= 0.3 is 0 Å². The summed E-state index contributed by atoms with van der Waals surface area (Å²) in [4.78, 5) is 26.9. The third kappa shape index (κ3) is 6.13. The molecule has 210 valence electrons. The number of benzene rings is 1. The Balaban J connectivity index is 1.46. The summed E-state index contributed by atoms with van der Waals surface area (Å²) in [7, 11) is -3.80. The molecule has 1 fully saturated rings. The molecule has 0 unspecified atom stereocenters. The predicted octanol–water partition coefficient (Wildman–Crippen LogP) is 4.53. The van der Waals surface area contributed by atoms with Crippen molar-refractivity contribution in [3.05, 3.63) is 58.4 Å². The summed E-state index contributed by atoms with van der Waals surface area (Å²) < 4.78 is 29.3. The molecule has 9 heteroatoms. The monoisotopic (exact) mass is 552 g/mol. The summed E-state index contributed by atoms with van der Waals surface area (Å²) in [5, 5.41) is 7.02. The van der Waals surface area contributed by atoms with Gasteiger partial charge in [-0.25, -0.2) is 13.1 Å². The SMILES string of the molecule is CCCCCCCn1cc([C@]2(C)CC(c3ccc4c(c3)CCCC4)=C(C(=O)NS(=O)(=O)C3CC3)C(=O)N2)cn1. The fraction of sp³-hybridized carbons (Fsp3) is 0.567. The summed E-state index contributed by atoms with van der Waals surface area (Å²) in [5.41, 5.74) is 3.87. The Hall–Kier alpha value is -2.94. The first kappa shape index (κ1) is 27.6. The Kier molecular flexibility index (Phi) is 7.99. The first-order valence-electron chi connectivity index (χ1n) is 14.5. The number of hydrogen-bond donors (Lipinski definition) is 2. The molecule has 2 N–H and O–H groups in total. The molecule has 0 bridgehead atoms. The van der Waals surface area contributed by atoms with Crippen LogP contribution in [0.15, 0.2) is 36.2 Å². The fourth-order valence-electron chi connectivity index (χ4n) is 5.81. The lowest BCUT2D eigenvalue weighted by molar-refractivity contribution is -0.124. The number of fused-ring (bicyclic) bond motifs is 1. The number of nitrogens with zero attached hydrogens (tertiary/aromatic N) is 2. The first-order chi connectivity index (χ1) is 18.7. The predicted molar refractivity (Wildman–Crippen MR) is 151 cm³/mol. The highest BCUT2D eigenvalue weighted by Crippen LogP contribution is 2.40. The lowest BCUT2D eigenvalue weighted by Crippen LogP contribution is -2.50. The minimum atomic E-state index is -3.80. The van der Waals surface area contributed by atoms with E-state index < -0.39 is 32.6 Å². The van der Waals surface area contributed by atoms with E-state index in [-0.39, 0.29) is 5.57 Å². The van der Waals surface area contributed by atoms with Crippen molar-refractivity contribution in [3.8, 4) is 0 Å². The normalized spacial score (nSPS) is 21.4. The summed E-state index contributed by atoms with van der Waals surface area (Å²) in [5.74, 6) is -1.41. The first-order valence-corrected chi connectivity index (χ1v) is 16.0. The van der Waals surface area contributed by atoms with Crippen molar-refractivity contribution < 1.29 is 18.0 Å². The second-order valence-corrected chi connectivity index (χ2v) is 13.5. The van der Waals surface area contributed by atoms with Gasteiger partial charge in [-0.05, 0) is 74.1 Å². The third-order valence-corrected chi connectivity index (χ3v) is 10.2. The van der Waals surface area contributed by atoms with Gasteiger partial charge in [0.1, 0.15) is 5.57 Å². The Morgan fingerprint density at radius 3 is 2.62 bits per heavy atom. The molecule has 1 atom stereocenters. The second-order valence-electron chi connectivity index (χ2n) is 11.6. The van der Waals surface area contributed by atoms with Gasteiger partial charge in [0.2, 0.25) is 10.0 Å². The van der Waals surface area contributed by atoms with Gasteiger partial charge in [0.05, 0.1) is 17.0 Å². The van der Waals surface area contributed by atoms with E-state index in [1.807, 2.05) is 23.9 Å². The van der Waals surface area contributed by atoms with Gasteiger partial charge < -0.3 is 5.32 Å². The maximum absolute atomic E-state index is 13.6. The van der Waals surface area contributed by atoms with E-state index in [9.17, 15) is 18.0 Å². The van der Waals surface area contributed by atoms with Crippen LogP contribution in [-0.4, -0.2) is 35.3 Å². The van der Waals surface area contributed by atoms with Crippen molar-refractivity contribution in [3.63, 3.8) is 0 Å². The van der Waals surface area contributed by atoms with Crippen LogP contribution in [-0.2, 0) is 44.5 Å².